The Labute approximate surface area is 188 Å². The van der Waals surface area contributed by atoms with Crippen LogP contribution < -0.4 is 5.32 Å². The third kappa shape index (κ3) is 4.74. The molecular formula is C25H29N3O4. The van der Waals surface area contributed by atoms with Crippen LogP contribution in [0.2, 0.25) is 0 Å². The molecule has 4 rings (SSSR count). The molecule has 2 aromatic rings. The van der Waals surface area contributed by atoms with Crippen LogP contribution in [0.3, 0.4) is 0 Å². The number of rotatable bonds is 8. The first kappa shape index (κ1) is 22.2. The SMILES string of the molecule is CCCCN1C(=O)c2ccc(C(=O)NCc3ccccc3CN3CCOCC3)cc2C1=O. The molecule has 32 heavy (non-hydrogen) atoms. The summed E-state index contributed by atoms with van der Waals surface area (Å²) >= 11 is 0. The van der Waals surface area contributed by atoms with Crippen LogP contribution in [0.1, 0.15) is 62.0 Å². The Hall–Kier alpha value is -3.03. The van der Waals surface area contributed by atoms with E-state index in [0.717, 1.165) is 51.3 Å². The summed E-state index contributed by atoms with van der Waals surface area (Å²) in [7, 11) is 0. The summed E-state index contributed by atoms with van der Waals surface area (Å²) in [5.41, 5.74) is 3.30. The number of carbonyl (C=O) groups excluding carboxylic acids is 3. The highest BCUT2D eigenvalue weighted by atomic mass is 16.5. The van der Waals surface area contributed by atoms with Gasteiger partial charge in [-0.1, -0.05) is 37.6 Å². The monoisotopic (exact) mass is 435 g/mol. The summed E-state index contributed by atoms with van der Waals surface area (Å²) in [6.07, 6.45) is 1.66. The van der Waals surface area contributed by atoms with Crippen molar-refractivity contribution in [2.45, 2.75) is 32.9 Å². The number of imide groups is 1. The van der Waals surface area contributed by atoms with Gasteiger partial charge < -0.3 is 10.1 Å². The Bertz CT molecular complexity index is 1010. The molecule has 2 heterocycles. The van der Waals surface area contributed by atoms with Gasteiger partial charge in [-0.2, -0.15) is 0 Å². The Morgan fingerprint density at radius 2 is 1.72 bits per heavy atom. The molecule has 0 unspecified atom stereocenters. The second-order valence-electron chi connectivity index (χ2n) is 8.22. The minimum atomic E-state index is -0.316. The van der Waals surface area contributed by atoms with E-state index in [-0.39, 0.29) is 17.7 Å². The molecule has 0 saturated carbocycles. The van der Waals surface area contributed by atoms with Gasteiger partial charge in [-0.15, -0.1) is 0 Å². The van der Waals surface area contributed by atoms with E-state index in [4.69, 9.17) is 4.74 Å². The van der Waals surface area contributed by atoms with Gasteiger partial charge in [0.25, 0.3) is 17.7 Å². The zero-order chi connectivity index (χ0) is 22.5. The van der Waals surface area contributed by atoms with Crippen molar-refractivity contribution in [1.29, 1.82) is 0 Å². The van der Waals surface area contributed by atoms with Crippen LogP contribution in [0, 0.1) is 0 Å². The van der Waals surface area contributed by atoms with Crippen molar-refractivity contribution in [3.8, 4) is 0 Å². The van der Waals surface area contributed by atoms with Gasteiger partial charge in [0.1, 0.15) is 0 Å². The molecule has 0 aromatic heterocycles. The highest BCUT2D eigenvalue weighted by Crippen LogP contribution is 2.24. The largest absolute Gasteiger partial charge is 0.379 e. The smallest absolute Gasteiger partial charge is 0.261 e. The second-order valence-corrected chi connectivity index (χ2v) is 8.22. The van der Waals surface area contributed by atoms with E-state index in [1.807, 2.05) is 25.1 Å². The minimum Gasteiger partial charge on any atom is -0.379 e. The molecule has 0 atom stereocenters. The lowest BCUT2D eigenvalue weighted by Crippen LogP contribution is -2.36. The second kappa shape index (κ2) is 10.1. The number of fused-ring (bicyclic) bond motifs is 1. The van der Waals surface area contributed by atoms with E-state index in [1.54, 1.807) is 12.1 Å². The molecule has 7 nitrogen and oxygen atoms in total. The van der Waals surface area contributed by atoms with Crippen molar-refractivity contribution >= 4 is 17.7 Å². The van der Waals surface area contributed by atoms with Gasteiger partial charge >= 0.3 is 0 Å². The first-order chi connectivity index (χ1) is 15.6. The number of amides is 3. The maximum atomic E-state index is 12.8. The van der Waals surface area contributed by atoms with Gasteiger partial charge in [0.15, 0.2) is 0 Å². The van der Waals surface area contributed by atoms with E-state index >= 15 is 0 Å². The van der Waals surface area contributed by atoms with E-state index in [0.29, 0.717) is 29.8 Å². The van der Waals surface area contributed by atoms with Crippen molar-refractivity contribution in [3.05, 3.63) is 70.3 Å². The van der Waals surface area contributed by atoms with Crippen molar-refractivity contribution in [2.24, 2.45) is 0 Å². The number of hydrogen-bond donors (Lipinski definition) is 1. The molecule has 0 radical (unpaired) electrons. The average Bonchev–Trinajstić information content (AvgIpc) is 3.06. The summed E-state index contributed by atoms with van der Waals surface area (Å²) in [4.78, 5) is 41.6. The molecule has 1 N–H and O–H groups in total. The van der Waals surface area contributed by atoms with Gasteiger partial charge in [0, 0.05) is 38.3 Å². The van der Waals surface area contributed by atoms with E-state index in [1.165, 1.54) is 16.5 Å². The van der Waals surface area contributed by atoms with Crippen molar-refractivity contribution in [1.82, 2.24) is 15.1 Å². The Kier molecular flexibility index (Phi) is 6.97. The van der Waals surface area contributed by atoms with Gasteiger partial charge in [-0.05, 0) is 35.7 Å². The molecule has 2 aromatic carbocycles. The topological polar surface area (TPSA) is 79.0 Å². The lowest BCUT2D eigenvalue weighted by Gasteiger charge is -2.27. The van der Waals surface area contributed by atoms with Crippen LogP contribution in [0.5, 0.6) is 0 Å². The number of hydrogen-bond acceptors (Lipinski definition) is 5. The Morgan fingerprint density at radius 1 is 1.00 bits per heavy atom. The average molecular weight is 436 g/mol. The van der Waals surface area contributed by atoms with Crippen LogP contribution in [0.4, 0.5) is 0 Å². The third-order valence-electron chi connectivity index (χ3n) is 6.02. The van der Waals surface area contributed by atoms with Crippen LogP contribution in [0.25, 0.3) is 0 Å². The fourth-order valence-electron chi connectivity index (χ4n) is 4.11. The van der Waals surface area contributed by atoms with Crippen LogP contribution in [0.15, 0.2) is 42.5 Å². The molecular weight excluding hydrogens is 406 g/mol. The highest BCUT2D eigenvalue weighted by molar-refractivity contribution is 6.22. The van der Waals surface area contributed by atoms with Crippen molar-refractivity contribution < 1.29 is 19.1 Å². The normalized spacial score (nSPS) is 16.3. The van der Waals surface area contributed by atoms with Gasteiger partial charge in [0.2, 0.25) is 0 Å². The maximum absolute atomic E-state index is 12.8. The molecule has 2 aliphatic rings. The quantitative estimate of drug-likeness (QED) is 0.645. The molecule has 3 amide bonds. The molecule has 1 fully saturated rings. The summed E-state index contributed by atoms with van der Waals surface area (Å²) in [5.74, 6) is -0.854. The number of morpholine rings is 1. The maximum Gasteiger partial charge on any atom is 0.261 e. The number of nitrogens with one attached hydrogen (secondary N) is 1. The summed E-state index contributed by atoms with van der Waals surface area (Å²) in [6.45, 7) is 6.92. The van der Waals surface area contributed by atoms with Crippen LogP contribution in [-0.4, -0.2) is 60.4 Å². The standard InChI is InChI=1S/C25H29N3O4/c1-2-3-10-28-24(30)21-9-8-18(15-22(21)25(28)31)23(29)26-16-19-6-4-5-7-20(19)17-27-11-13-32-14-12-27/h4-9,15H,2-3,10-14,16-17H2,1H3,(H,26,29). The van der Waals surface area contributed by atoms with Crippen molar-refractivity contribution in [3.63, 3.8) is 0 Å². The van der Waals surface area contributed by atoms with E-state index in [9.17, 15) is 14.4 Å². The predicted molar refractivity (Wildman–Crippen MR) is 120 cm³/mol. The summed E-state index contributed by atoms with van der Waals surface area (Å²) < 4.78 is 5.42. The highest BCUT2D eigenvalue weighted by Gasteiger charge is 2.35. The van der Waals surface area contributed by atoms with E-state index < -0.39 is 0 Å². The number of benzene rings is 2. The Morgan fingerprint density at radius 3 is 2.47 bits per heavy atom. The number of nitrogens with zero attached hydrogens (tertiary/aromatic N) is 2. The third-order valence-corrected chi connectivity index (χ3v) is 6.02. The lowest BCUT2D eigenvalue weighted by atomic mass is 10.0. The van der Waals surface area contributed by atoms with Gasteiger partial charge in [-0.3, -0.25) is 24.2 Å². The van der Waals surface area contributed by atoms with Gasteiger partial charge in [0.05, 0.1) is 24.3 Å². The number of ether oxygens (including phenoxy) is 1. The van der Waals surface area contributed by atoms with Crippen molar-refractivity contribution in [2.75, 3.05) is 32.8 Å². The fraction of sp³-hybridized carbons (Fsp3) is 0.400. The molecule has 0 aliphatic carbocycles. The first-order valence-corrected chi connectivity index (χ1v) is 11.2. The minimum absolute atomic E-state index is 0.263. The number of unbranched alkanes of at least 4 members (excludes halogenated alkanes) is 1. The zero-order valence-corrected chi connectivity index (χ0v) is 18.4. The van der Waals surface area contributed by atoms with Crippen LogP contribution >= 0.6 is 0 Å². The molecule has 1 saturated heterocycles. The lowest BCUT2D eigenvalue weighted by molar-refractivity contribution is 0.0340. The summed E-state index contributed by atoms with van der Waals surface area (Å²) in [5, 5.41) is 2.96. The van der Waals surface area contributed by atoms with Gasteiger partial charge in [-0.25, -0.2) is 0 Å². The van der Waals surface area contributed by atoms with E-state index in [2.05, 4.69) is 16.3 Å². The van der Waals surface area contributed by atoms with Crippen LogP contribution in [-0.2, 0) is 17.8 Å². The predicted octanol–water partition coefficient (Wildman–Crippen LogP) is 2.84. The molecule has 7 heteroatoms. The number of carbonyl (C=O) groups is 3. The fourth-order valence-corrected chi connectivity index (χ4v) is 4.11. The molecule has 2 aliphatic heterocycles. The molecule has 0 bridgehead atoms. The summed E-state index contributed by atoms with van der Waals surface area (Å²) in [6, 6.07) is 12.8. The molecule has 168 valence electrons. The molecule has 0 spiro atoms. The zero-order valence-electron chi connectivity index (χ0n) is 18.4. The first-order valence-electron chi connectivity index (χ1n) is 11.2. The Balaban J connectivity index is 1.42.